The highest BCUT2D eigenvalue weighted by Crippen LogP contribution is 2.38. The third-order valence-electron chi connectivity index (χ3n) is 7.02. The molecule has 4 heterocycles. The van der Waals surface area contributed by atoms with Crippen molar-refractivity contribution in [1.82, 2.24) is 24.2 Å². The lowest BCUT2D eigenvalue weighted by Crippen LogP contribution is -2.40. The number of rotatable bonds is 9. The van der Waals surface area contributed by atoms with E-state index < -0.39 is 34.4 Å². The van der Waals surface area contributed by atoms with Gasteiger partial charge in [-0.15, -0.1) is 21.5 Å². The van der Waals surface area contributed by atoms with Crippen LogP contribution >= 0.6 is 11.3 Å². The molecule has 0 bridgehead atoms. The van der Waals surface area contributed by atoms with Crippen LogP contribution in [0.15, 0.2) is 64.2 Å². The number of aromatic nitrogens is 4. The molecule has 0 unspecified atom stereocenters. The van der Waals surface area contributed by atoms with Crippen LogP contribution in [0, 0.1) is 21.7 Å². The van der Waals surface area contributed by atoms with Gasteiger partial charge in [0.15, 0.2) is 5.82 Å². The monoisotopic (exact) mass is 622 g/mol. The number of non-ortho nitro benzene ring substituents is 1. The Morgan fingerprint density at radius 3 is 2.32 bits per heavy atom. The third-order valence-corrected chi connectivity index (χ3v) is 8.32. The lowest BCUT2D eigenvalue weighted by Gasteiger charge is -2.25. The van der Waals surface area contributed by atoms with Gasteiger partial charge >= 0.3 is 5.69 Å². The van der Waals surface area contributed by atoms with E-state index in [9.17, 15) is 28.5 Å². The normalized spacial score (nSPS) is 13.4. The minimum Gasteiger partial charge on any atom is -0.468 e. The molecule has 0 amide bonds. The first-order valence-electron chi connectivity index (χ1n) is 13.3. The standard InChI is InChI=1S/C29H24F2N6O6S/c1-34(2)12-20-25-27(38)36(23-10-11-24(33-32-23)43-18-14-42-15-18)29(39)35(13-19-21(30)4-3-5-22(19)31)28(25)44-26(20)16-6-8-17(9-7-16)37(40)41/h3-11,18H,12-15H2,1-2H3. The van der Waals surface area contributed by atoms with Crippen LogP contribution in [0.5, 0.6) is 5.88 Å². The SMILES string of the molecule is CN(C)Cc1c(-c2ccc([N+](=O)[O-])cc2)sc2c1c(=O)n(-c1ccc(OC3COC3)nn1)c(=O)n2Cc1c(F)cccc1F. The van der Waals surface area contributed by atoms with Crippen LogP contribution in [0.1, 0.15) is 11.1 Å². The van der Waals surface area contributed by atoms with Crippen molar-refractivity contribution in [3.63, 3.8) is 0 Å². The first kappa shape index (κ1) is 29.2. The predicted molar refractivity (Wildman–Crippen MR) is 157 cm³/mol. The second-order valence-electron chi connectivity index (χ2n) is 10.3. The van der Waals surface area contributed by atoms with Gasteiger partial charge in [0.2, 0.25) is 5.88 Å². The molecule has 0 N–H and O–H groups in total. The van der Waals surface area contributed by atoms with Gasteiger partial charge in [-0.1, -0.05) is 6.07 Å². The molecular weight excluding hydrogens is 598 g/mol. The molecule has 12 nitrogen and oxygen atoms in total. The van der Waals surface area contributed by atoms with E-state index in [1.165, 1.54) is 30.3 Å². The second-order valence-corrected chi connectivity index (χ2v) is 11.3. The zero-order chi connectivity index (χ0) is 31.1. The molecule has 0 radical (unpaired) electrons. The summed E-state index contributed by atoms with van der Waals surface area (Å²) in [6, 6.07) is 12.0. The number of fused-ring (bicyclic) bond motifs is 1. The summed E-state index contributed by atoms with van der Waals surface area (Å²) < 4.78 is 42.4. The van der Waals surface area contributed by atoms with Crippen LogP contribution in [-0.2, 0) is 17.8 Å². The Hall–Kier alpha value is -4.86. The van der Waals surface area contributed by atoms with Crippen LogP contribution in [0.4, 0.5) is 14.5 Å². The van der Waals surface area contributed by atoms with E-state index in [0.717, 1.165) is 32.6 Å². The molecule has 15 heteroatoms. The maximum Gasteiger partial charge on any atom is 0.338 e. The summed E-state index contributed by atoms with van der Waals surface area (Å²) in [5.41, 5.74) is -0.965. The van der Waals surface area contributed by atoms with Crippen LogP contribution in [0.25, 0.3) is 26.5 Å². The average molecular weight is 623 g/mol. The largest absolute Gasteiger partial charge is 0.468 e. The van der Waals surface area contributed by atoms with Gasteiger partial charge in [0.05, 0.1) is 30.1 Å². The molecule has 6 rings (SSSR count). The van der Waals surface area contributed by atoms with Crippen molar-refractivity contribution < 1.29 is 23.2 Å². The molecule has 1 fully saturated rings. The fraction of sp³-hybridized carbons (Fsp3) is 0.241. The highest BCUT2D eigenvalue weighted by atomic mass is 32.1. The van der Waals surface area contributed by atoms with E-state index in [1.54, 1.807) is 26.2 Å². The highest BCUT2D eigenvalue weighted by Gasteiger charge is 2.26. The molecule has 5 aromatic rings. The molecule has 0 spiro atoms. The average Bonchev–Trinajstić information content (AvgIpc) is 3.33. The maximum absolute atomic E-state index is 14.9. The Morgan fingerprint density at radius 1 is 1.05 bits per heavy atom. The number of benzene rings is 2. The summed E-state index contributed by atoms with van der Waals surface area (Å²) in [6.07, 6.45) is -0.181. The van der Waals surface area contributed by atoms with Gasteiger partial charge in [0.1, 0.15) is 22.6 Å². The van der Waals surface area contributed by atoms with Crippen LogP contribution in [-0.4, -0.2) is 62.6 Å². The maximum atomic E-state index is 14.9. The van der Waals surface area contributed by atoms with Crippen molar-refractivity contribution in [3.8, 4) is 22.1 Å². The summed E-state index contributed by atoms with van der Waals surface area (Å²) in [5, 5.41) is 19.5. The molecule has 1 aliphatic heterocycles. The third kappa shape index (κ3) is 5.36. The molecule has 0 saturated carbocycles. The highest BCUT2D eigenvalue weighted by molar-refractivity contribution is 7.22. The summed E-state index contributed by atoms with van der Waals surface area (Å²) >= 11 is 1.08. The van der Waals surface area contributed by atoms with Gasteiger partial charge in [-0.3, -0.25) is 19.5 Å². The van der Waals surface area contributed by atoms with Gasteiger partial charge in [0.25, 0.3) is 11.2 Å². The van der Waals surface area contributed by atoms with E-state index >= 15 is 0 Å². The minimum absolute atomic E-state index is 0.110. The van der Waals surface area contributed by atoms with Gasteiger partial charge in [-0.05, 0) is 55.6 Å². The molecular formula is C29H24F2N6O6S. The predicted octanol–water partition coefficient (Wildman–Crippen LogP) is 3.74. The number of ether oxygens (including phenoxy) is 2. The van der Waals surface area contributed by atoms with Crippen molar-refractivity contribution in [2.24, 2.45) is 0 Å². The summed E-state index contributed by atoms with van der Waals surface area (Å²) in [5.74, 6) is -1.65. The van der Waals surface area contributed by atoms with Gasteiger partial charge in [0, 0.05) is 35.2 Å². The smallest absolute Gasteiger partial charge is 0.338 e. The van der Waals surface area contributed by atoms with Crippen molar-refractivity contribution in [2.45, 2.75) is 19.2 Å². The van der Waals surface area contributed by atoms with E-state index in [1.807, 2.05) is 4.90 Å². The molecule has 1 aliphatic rings. The van der Waals surface area contributed by atoms with Crippen LogP contribution in [0.3, 0.4) is 0 Å². The summed E-state index contributed by atoms with van der Waals surface area (Å²) in [4.78, 5) is 41.5. The van der Waals surface area contributed by atoms with Gasteiger partial charge < -0.3 is 14.4 Å². The van der Waals surface area contributed by atoms with Crippen molar-refractivity contribution in [3.05, 3.63) is 108 Å². The summed E-state index contributed by atoms with van der Waals surface area (Å²) in [6.45, 7) is 0.531. The summed E-state index contributed by atoms with van der Waals surface area (Å²) in [7, 11) is 3.59. The Bertz CT molecular complexity index is 1980. The molecule has 226 valence electrons. The number of thiophene rings is 1. The fourth-order valence-corrected chi connectivity index (χ4v) is 6.14. The first-order chi connectivity index (χ1) is 21.1. The van der Waals surface area contributed by atoms with E-state index in [0.29, 0.717) is 29.2 Å². The lowest BCUT2D eigenvalue weighted by molar-refractivity contribution is -0.384. The number of halogens is 2. The Kier molecular flexibility index (Phi) is 7.75. The number of nitro groups is 1. The molecule has 0 aliphatic carbocycles. The minimum atomic E-state index is -0.881. The van der Waals surface area contributed by atoms with Crippen LogP contribution < -0.4 is 16.0 Å². The van der Waals surface area contributed by atoms with Crippen molar-refractivity contribution in [1.29, 1.82) is 0 Å². The van der Waals surface area contributed by atoms with Gasteiger partial charge in [-0.25, -0.2) is 18.1 Å². The van der Waals surface area contributed by atoms with E-state index in [4.69, 9.17) is 9.47 Å². The molecule has 2 aromatic carbocycles. The van der Waals surface area contributed by atoms with Gasteiger partial charge in [-0.2, -0.15) is 0 Å². The van der Waals surface area contributed by atoms with E-state index in [-0.39, 0.29) is 45.8 Å². The Morgan fingerprint density at radius 2 is 1.75 bits per heavy atom. The van der Waals surface area contributed by atoms with Crippen LogP contribution in [0.2, 0.25) is 0 Å². The van der Waals surface area contributed by atoms with E-state index in [2.05, 4.69) is 10.2 Å². The molecule has 44 heavy (non-hydrogen) atoms. The number of nitro benzene ring substituents is 1. The number of nitrogens with zero attached hydrogens (tertiary/aromatic N) is 6. The quantitative estimate of drug-likeness (QED) is 0.178. The first-order valence-corrected chi connectivity index (χ1v) is 14.2. The molecule has 0 atom stereocenters. The molecule has 1 saturated heterocycles. The van der Waals surface area contributed by atoms with Crippen molar-refractivity contribution in [2.75, 3.05) is 27.3 Å². The van der Waals surface area contributed by atoms with Crippen molar-refractivity contribution >= 4 is 27.2 Å². The number of hydrogen-bond acceptors (Lipinski definition) is 10. The second kappa shape index (κ2) is 11.7. The number of hydrogen-bond donors (Lipinski definition) is 0. The lowest BCUT2D eigenvalue weighted by atomic mass is 10.1. The topological polar surface area (TPSA) is 135 Å². The zero-order valence-corrected chi connectivity index (χ0v) is 24.2. The zero-order valence-electron chi connectivity index (χ0n) is 23.4. The Balaban J connectivity index is 1.61. The fourth-order valence-electron chi connectivity index (χ4n) is 4.83. The molecule has 3 aromatic heterocycles. The Labute approximate surface area is 251 Å².